The van der Waals surface area contributed by atoms with Crippen LogP contribution in [0.1, 0.15) is 39.5 Å². The summed E-state index contributed by atoms with van der Waals surface area (Å²) in [5.41, 5.74) is 0.525. The largest absolute Gasteiger partial charge is 0.276 e. The number of pyridine rings is 1. The van der Waals surface area contributed by atoms with Gasteiger partial charge in [-0.25, -0.2) is 4.57 Å². The van der Waals surface area contributed by atoms with E-state index in [1.54, 1.807) is 0 Å². The molecule has 2 aliphatic heterocycles. The summed E-state index contributed by atoms with van der Waals surface area (Å²) in [4.78, 5) is 2.67. The molecule has 1 saturated carbocycles. The highest BCUT2D eigenvalue weighted by molar-refractivity contribution is 5.39. The minimum atomic E-state index is 0.525. The molecule has 0 N–H and O–H groups in total. The molecule has 2 bridgehead atoms. The topological polar surface area (TPSA) is 7.12 Å². The van der Waals surface area contributed by atoms with E-state index in [4.69, 9.17) is 0 Å². The van der Waals surface area contributed by atoms with Crippen LogP contribution in [0.5, 0.6) is 0 Å². The van der Waals surface area contributed by atoms with Crippen LogP contribution in [0.4, 0.5) is 5.82 Å². The first-order valence-corrected chi connectivity index (χ1v) is 6.85. The lowest BCUT2D eigenvalue weighted by Crippen LogP contribution is -2.61. The maximum Gasteiger partial charge on any atom is 0.276 e. The molecule has 1 atom stereocenters. The Morgan fingerprint density at radius 2 is 2.00 bits per heavy atom. The summed E-state index contributed by atoms with van der Waals surface area (Å²) < 4.78 is 2.26. The Morgan fingerprint density at radius 3 is 2.65 bits per heavy atom. The number of piperidine rings is 2. The van der Waals surface area contributed by atoms with Crippen molar-refractivity contribution in [2.45, 2.75) is 51.6 Å². The summed E-state index contributed by atoms with van der Waals surface area (Å²) in [5, 5.41) is 0. The van der Waals surface area contributed by atoms with E-state index in [1.165, 1.54) is 31.5 Å². The van der Waals surface area contributed by atoms with Gasteiger partial charge in [0.1, 0.15) is 0 Å². The number of aryl methyl sites for hydroxylation is 1. The smallest absolute Gasteiger partial charge is 0.256 e. The Balaban J connectivity index is 2.01. The van der Waals surface area contributed by atoms with Crippen molar-refractivity contribution >= 4 is 5.82 Å². The van der Waals surface area contributed by atoms with Crippen LogP contribution in [0, 0.1) is 5.41 Å². The molecule has 3 heterocycles. The standard InChI is InChI=1S/C15H23N2/c1-12-15(2)9-7-13(8-10-15)17(12)14-6-4-5-11-16(14)3/h4-6,11-13H,7-10H2,1-3H3/q+1. The van der Waals surface area contributed by atoms with Gasteiger partial charge in [0.25, 0.3) is 5.82 Å². The highest BCUT2D eigenvalue weighted by Crippen LogP contribution is 2.49. The molecular formula is C15H23N2+. The number of nitrogens with zero attached hydrogens (tertiary/aromatic N) is 2. The van der Waals surface area contributed by atoms with Gasteiger partial charge in [-0.3, -0.25) is 4.90 Å². The lowest BCUT2D eigenvalue weighted by Gasteiger charge is -2.52. The Kier molecular flexibility index (Phi) is 2.42. The van der Waals surface area contributed by atoms with E-state index in [1.807, 2.05) is 0 Å². The van der Waals surface area contributed by atoms with E-state index in [-0.39, 0.29) is 0 Å². The van der Waals surface area contributed by atoms with Crippen LogP contribution in [-0.4, -0.2) is 12.1 Å². The quantitative estimate of drug-likeness (QED) is 0.674. The molecular weight excluding hydrogens is 208 g/mol. The first kappa shape index (κ1) is 11.1. The van der Waals surface area contributed by atoms with Gasteiger partial charge in [0, 0.05) is 11.5 Å². The summed E-state index contributed by atoms with van der Waals surface area (Å²) in [5.74, 6) is 1.38. The summed E-state index contributed by atoms with van der Waals surface area (Å²) >= 11 is 0. The maximum atomic E-state index is 2.67. The Bertz CT molecular complexity index is 419. The third kappa shape index (κ3) is 1.57. The monoisotopic (exact) mass is 231 g/mol. The van der Waals surface area contributed by atoms with Gasteiger partial charge in [0.2, 0.25) is 0 Å². The second-order valence-electron chi connectivity index (χ2n) is 6.14. The molecule has 2 nitrogen and oxygen atoms in total. The van der Waals surface area contributed by atoms with Crippen molar-refractivity contribution in [3.63, 3.8) is 0 Å². The lowest BCUT2D eigenvalue weighted by molar-refractivity contribution is -0.659. The zero-order valence-electron chi connectivity index (χ0n) is 11.2. The minimum absolute atomic E-state index is 0.525. The van der Waals surface area contributed by atoms with Crippen LogP contribution in [0.2, 0.25) is 0 Å². The van der Waals surface area contributed by atoms with Gasteiger partial charge in [0.05, 0.1) is 25.3 Å². The van der Waals surface area contributed by atoms with E-state index in [0.717, 1.165) is 6.04 Å². The van der Waals surface area contributed by atoms with Gasteiger partial charge >= 0.3 is 0 Å². The minimum Gasteiger partial charge on any atom is -0.256 e. The highest BCUT2D eigenvalue weighted by atomic mass is 15.3. The van der Waals surface area contributed by atoms with Gasteiger partial charge in [-0.05, 0) is 38.7 Å². The van der Waals surface area contributed by atoms with Gasteiger partial charge in [-0.15, -0.1) is 0 Å². The molecule has 0 radical (unpaired) electrons. The zero-order chi connectivity index (χ0) is 12.0. The summed E-state index contributed by atoms with van der Waals surface area (Å²) in [6.45, 7) is 4.89. The third-order valence-electron chi connectivity index (χ3n) is 5.21. The fourth-order valence-corrected chi connectivity index (χ4v) is 3.78. The second kappa shape index (κ2) is 3.72. The molecule has 1 aliphatic carbocycles. The van der Waals surface area contributed by atoms with Crippen molar-refractivity contribution < 1.29 is 4.57 Å². The van der Waals surface area contributed by atoms with Crippen molar-refractivity contribution in [2.75, 3.05) is 4.90 Å². The molecule has 1 unspecified atom stereocenters. The van der Waals surface area contributed by atoms with E-state index in [0.29, 0.717) is 11.5 Å². The van der Waals surface area contributed by atoms with E-state index < -0.39 is 0 Å². The zero-order valence-corrected chi connectivity index (χ0v) is 11.2. The average Bonchev–Trinajstić information content (AvgIpc) is 2.33. The molecule has 3 aliphatic rings. The number of fused-ring (bicyclic) bond motifs is 3. The van der Waals surface area contributed by atoms with E-state index in [2.05, 4.69) is 54.8 Å². The van der Waals surface area contributed by atoms with Crippen molar-refractivity contribution in [2.24, 2.45) is 12.5 Å². The van der Waals surface area contributed by atoms with Crippen molar-refractivity contribution in [3.8, 4) is 0 Å². The normalized spacial score (nSPS) is 36.3. The predicted molar refractivity (Wildman–Crippen MR) is 69.9 cm³/mol. The highest BCUT2D eigenvalue weighted by Gasteiger charge is 2.51. The van der Waals surface area contributed by atoms with Crippen molar-refractivity contribution in [1.29, 1.82) is 0 Å². The first-order valence-electron chi connectivity index (χ1n) is 6.85. The van der Waals surface area contributed by atoms with Crippen LogP contribution >= 0.6 is 0 Å². The molecule has 2 heteroatoms. The first-order chi connectivity index (χ1) is 8.12. The number of hydrogen-bond donors (Lipinski definition) is 0. The van der Waals surface area contributed by atoms with Gasteiger partial charge in [0.15, 0.2) is 0 Å². The summed E-state index contributed by atoms with van der Waals surface area (Å²) in [6.07, 6.45) is 7.72. The maximum absolute atomic E-state index is 2.67. The number of anilines is 1. The Morgan fingerprint density at radius 1 is 1.29 bits per heavy atom. The van der Waals surface area contributed by atoms with Crippen LogP contribution in [0.15, 0.2) is 24.4 Å². The van der Waals surface area contributed by atoms with Gasteiger partial charge in [-0.1, -0.05) is 13.0 Å². The summed E-state index contributed by atoms with van der Waals surface area (Å²) in [7, 11) is 2.16. The van der Waals surface area contributed by atoms with Crippen molar-refractivity contribution in [3.05, 3.63) is 24.4 Å². The van der Waals surface area contributed by atoms with Gasteiger partial charge in [-0.2, -0.15) is 0 Å². The molecule has 4 rings (SSSR count). The van der Waals surface area contributed by atoms with Crippen LogP contribution < -0.4 is 9.47 Å². The molecule has 2 saturated heterocycles. The predicted octanol–water partition coefficient (Wildman–Crippen LogP) is 2.67. The van der Waals surface area contributed by atoms with E-state index in [9.17, 15) is 0 Å². The molecule has 1 aromatic rings. The Hall–Kier alpha value is -1.05. The van der Waals surface area contributed by atoms with Crippen molar-refractivity contribution in [1.82, 2.24) is 0 Å². The molecule has 0 aromatic carbocycles. The third-order valence-corrected chi connectivity index (χ3v) is 5.21. The summed E-state index contributed by atoms with van der Waals surface area (Å²) in [6, 6.07) is 7.97. The molecule has 17 heavy (non-hydrogen) atoms. The second-order valence-corrected chi connectivity index (χ2v) is 6.14. The van der Waals surface area contributed by atoms with Gasteiger partial charge < -0.3 is 0 Å². The molecule has 3 fully saturated rings. The number of hydrogen-bond acceptors (Lipinski definition) is 1. The van der Waals surface area contributed by atoms with Crippen LogP contribution in [0.3, 0.4) is 0 Å². The number of aromatic nitrogens is 1. The molecule has 0 amide bonds. The Labute approximate surface area is 104 Å². The SMILES string of the molecule is CC1N(c2cccc[n+]2C)C2CCC1(C)CC2. The number of rotatable bonds is 1. The van der Waals surface area contributed by atoms with Crippen LogP contribution in [0.25, 0.3) is 0 Å². The average molecular weight is 231 g/mol. The molecule has 1 aromatic heterocycles. The lowest BCUT2D eigenvalue weighted by atomic mass is 9.64. The van der Waals surface area contributed by atoms with E-state index >= 15 is 0 Å². The van der Waals surface area contributed by atoms with Crippen LogP contribution in [-0.2, 0) is 7.05 Å². The molecule has 92 valence electrons. The fourth-order valence-electron chi connectivity index (χ4n) is 3.78. The fraction of sp³-hybridized carbons (Fsp3) is 0.667. The molecule has 0 spiro atoms.